The summed E-state index contributed by atoms with van der Waals surface area (Å²) in [6.07, 6.45) is 10.8. The van der Waals surface area contributed by atoms with E-state index >= 15 is 0 Å². The molecule has 3 nitrogen and oxygen atoms in total. The van der Waals surface area contributed by atoms with Crippen LogP contribution in [-0.2, 0) is 0 Å². The predicted molar refractivity (Wildman–Crippen MR) is 147 cm³/mol. The highest BCUT2D eigenvalue weighted by Crippen LogP contribution is 2.89. The van der Waals surface area contributed by atoms with Gasteiger partial charge in [-0.1, -0.05) is 53.7 Å². The first-order chi connectivity index (χ1) is 16.7. The molecule has 0 bridgehead atoms. The summed E-state index contributed by atoms with van der Waals surface area (Å²) in [6, 6.07) is 0. The minimum Gasteiger partial charge on any atom is -0.396 e. The van der Waals surface area contributed by atoms with E-state index < -0.39 is 12.2 Å². The van der Waals surface area contributed by atoms with Crippen molar-refractivity contribution in [3.05, 3.63) is 12.2 Å². The van der Waals surface area contributed by atoms with Crippen molar-refractivity contribution in [2.75, 3.05) is 6.61 Å². The van der Waals surface area contributed by atoms with Crippen molar-refractivity contribution in [2.24, 2.45) is 62.6 Å². The normalized spacial score (nSPS) is 50.5. The summed E-state index contributed by atoms with van der Waals surface area (Å²) in [7, 11) is 0. The van der Waals surface area contributed by atoms with E-state index in [4.69, 9.17) is 0 Å². The highest BCUT2D eigenvalue weighted by atomic mass is 16.3. The highest BCUT2D eigenvalue weighted by molar-refractivity contribution is 5.31. The Morgan fingerprint density at radius 3 is 2.17 bits per heavy atom. The lowest BCUT2D eigenvalue weighted by Crippen LogP contribution is -2.60. The standard InChI is InChI=1S/C33H56O3/c1-20(2)23(21(3)4)10-9-22(18-34)24-13-14-31(8)27-12-11-26-29(5,6)28(36)25(35)17-33(26)19-32(27,33)16-15-30(24,31)7/h21-28,34-36H,1,9-19H2,2-8H3. The summed E-state index contributed by atoms with van der Waals surface area (Å²) < 4.78 is 0. The molecule has 0 aliphatic heterocycles. The number of fused-ring (bicyclic) bond motifs is 2. The Hall–Kier alpha value is -0.380. The molecule has 5 aliphatic rings. The minimum atomic E-state index is -0.596. The molecule has 3 N–H and O–H groups in total. The molecule has 206 valence electrons. The highest BCUT2D eigenvalue weighted by Gasteiger charge is 2.83. The van der Waals surface area contributed by atoms with Gasteiger partial charge in [0.15, 0.2) is 0 Å². The van der Waals surface area contributed by atoms with Crippen molar-refractivity contribution in [1.82, 2.24) is 0 Å². The van der Waals surface area contributed by atoms with Gasteiger partial charge in [0.2, 0.25) is 0 Å². The van der Waals surface area contributed by atoms with Crippen molar-refractivity contribution in [3.63, 3.8) is 0 Å². The van der Waals surface area contributed by atoms with Crippen molar-refractivity contribution in [2.45, 2.75) is 125 Å². The summed E-state index contributed by atoms with van der Waals surface area (Å²) in [5.74, 6) is 3.40. The topological polar surface area (TPSA) is 60.7 Å². The second kappa shape index (κ2) is 8.56. The second-order valence-electron chi connectivity index (χ2n) is 15.9. The van der Waals surface area contributed by atoms with Gasteiger partial charge in [-0.2, -0.15) is 0 Å². The Morgan fingerprint density at radius 1 is 0.889 bits per heavy atom. The van der Waals surface area contributed by atoms with Gasteiger partial charge in [0.25, 0.3) is 0 Å². The molecule has 0 saturated heterocycles. The van der Waals surface area contributed by atoms with Crippen LogP contribution in [0.1, 0.15) is 113 Å². The Bertz CT molecular complexity index is 878. The van der Waals surface area contributed by atoms with Gasteiger partial charge < -0.3 is 15.3 Å². The van der Waals surface area contributed by atoms with Gasteiger partial charge in [0.1, 0.15) is 0 Å². The van der Waals surface area contributed by atoms with Gasteiger partial charge in [-0.05, 0) is 134 Å². The Balaban J connectivity index is 1.40. The Morgan fingerprint density at radius 2 is 1.56 bits per heavy atom. The Labute approximate surface area is 221 Å². The van der Waals surface area contributed by atoms with Crippen LogP contribution in [0.5, 0.6) is 0 Å². The van der Waals surface area contributed by atoms with E-state index in [-0.39, 0.29) is 16.2 Å². The molecule has 0 aromatic rings. The summed E-state index contributed by atoms with van der Waals surface area (Å²) >= 11 is 0. The first-order valence-electron chi connectivity index (χ1n) is 15.3. The molecule has 2 spiro atoms. The molecule has 36 heavy (non-hydrogen) atoms. The number of hydrogen-bond donors (Lipinski definition) is 3. The quantitative estimate of drug-likeness (QED) is 0.330. The average Bonchev–Trinajstić information content (AvgIpc) is 3.37. The van der Waals surface area contributed by atoms with E-state index in [1.807, 2.05) is 0 Å². The van der Waals surface area contributed by atoms with E-state index in [2.05, 4.69) is 55.0 Å². The Kier molecular flexibility index (Phi) is 6.47. The molecule has 0 aromatic heterocycles. The molecule has 11 atom stereocenters. The van der Waals surface area contributed by atoms with Gasteiger partial charge in [-0.25, -0.2) is 0 Å². The molecule has 0 radical (unpaired) electrons. The van der Waals surface area contributed by atoms with Crippen molar-refractivity contribution in [1.29, 1.82) is 0 Å². The van der Waals surface area contributed by atoms with Crippen LogP contribution < -0.4 is 0 Å². The molecule has 5 rings (SSSR count). The van der Waals surface area contributed by atoms with E-state index in [1.165, 1.54) is 50.5 Å². The number of aliphatic hydroxyl groups excluding tert-OH is 3. The summed E-state index contributed by atoms with van der Waals surface area (Å²) in [5, 5.41) is 32.5. The van der Waals surface area contributed by atoms with Crippen molar-refractivity contribution in [3.8, 4) is 0 Å². The molecule has 11 unspecified atom stereocenters. The molecular weight excluding hydrogens is 444 g/mol. The van der Waals surface area contributed by atoms with E-state index in [1.54, 1.807) is 0 Å². The lowest BCUT2D eigenvalue weighted by atomic mass is 9.41. The van der Waals surface area contributed by atoms with Crippen LogP contribution in [0.2, 0.25) is 0 Å². The van der Waals surface area contributed by atoms with Gasteiger partial charge in [-0.3, -0.25) is 0 Å². The molecule has 5 fully saturated rings. The second-order valence-corrected chi connectivity index (χ2v) is 15.9. The number of rotatable bonds is 7. The van der Waals surface area contributed by atoms with Crippen LogP contribution >= 0.6 is 0 Å². The monoisotopic (exact) mass is 500 g/mol. The van der Waals surface area contributed by atoms with E-state index in [0.717, 1.165) is 25.2 Å². The van der Waals surface area contributed by atoms with Gasteiger partial charge in [0, 0.05) is 6.61 Å². The summed E-state index contributed by atoms with van der Waals surface area (Å²) in [4.78, 5) is 0. The largest absolute Gasteiger partial charge is 0.396 e. The number of allylic oxidation sites excluding steroid dienone is 1. The van der Waals surface area contributed by atoms with Gasteiger partial charge >= 0.3 is 0 Å². The molecule has 0 aromatic carbocycles. The minimum absolute atomic E-state index is 0.204. The SMILES string of the molecule is C=C(C)C(CCC(CO)C1CCC2(C)C3CCC4C(C)(C)C(O)C(O)CC45CC35CCC12C)C(C)C. The van der Waals surface area contributed by atoms with Gasteiger partial charge in [0.05, 0.1) is 12.2 Å². The maximum absolute atomic E-state index is 11.0. The third kappa shape index (κ3) is 3.33. The molecule has 5 aliphatic carbocycles. The maximum atomic E-state index is 11.0. The van der Waals surface area contributed by atoms with E-state index in [9.17, 15) is 15.3 Å². The van der Waals surface area contributed by atoms with Crippen LogP contribution in [0, 0.1) is 62.6 Å². The van der Waals surface area contributed by atoms with Crippen molar-refractivity contribution < 1.29 is 15.3 Å². The average molecular weight is 501 g/mol. The third-order valence-electron chi connectivity index (χ3n) is 14.2. The molecular formula is C33H56O3. The lowest BCUT2D eigenvalue weighted by Gasteiger charge is -2.63. The molecule has 3 heteroatoms. The van der Waals surface area contributed by atoms with Crippen LogP contribution in [0.4, 0.5) is 0 Å². The summed E-state index contributed by atoms with van der Waals surface area (Å²) in [5.41, 5.74) is 2.30. The fourth-order valence-electron chi connectivity index (χ4n) is 12.2. The zero-order valence-corrected chi connectivity index (χ0v) is 24.4. The predicted octanol–water partition coefficient (Wildman–Crippen LogP) is 6.99. The zero-order valence-electron chi connectivity index (χ0n) is 24.4. The first-order valence-corrected chi connectivity index (χ1v) is 15.3. The van der Waals surface area contributed by atoms with Crippen LogP contribution in [0.3, 0.4) is 0 Å². The smallest absolute Gasteiger partial charge is 0.0852 e. The maximum Gasteiger partial charge on any atom is 0.0852 e. The first kappa shape index (κ1) is 27.2. The van der Waals surface area contributed by atoms with Crippen LogP contribution in [-0.4, -0.2) is 34.1 Å². The lowest BCUT2D eigenvalue weighted by molar-refractivity contribution is -0.191. The van der Waals surface area contributed by atoms with Crippen LogP contribution in [0.15, 0.2) is 12.2 Å². The number of hydrogen-bond acceptors (Lipinski definition) is 3. The summed E-state index contributed by atoms with van der Waals surface area (Å²) in [6.45, 7) is 21.1. The fraction of sp³-hybridized carbons (Fsp3) is 0.939. The van der Waals surface area contributed by atoms with Crippen molar-refractivity contribution >= 4 is 0 Å². The molecule has 5 saturated carbocycles. The molecule has 0 amide bonds. The molecule has 0 heterocycles. The number of aliphatic hydroxyl groups is 3. The van der Waals surface area contributed by atoms with Gasteiger partial charge in [-0.15, -0.1) is 0 Å². The zero-order chi connectivity index (χ0) is 26.5. The van der Waals surface area contributed by atoms with Crippen LogP contribution in [0.25, 0.3) is 0 Å². The van der Waals surface area contributed by atoms with E-state index in [0.29, 0.717) is 47.0 Å². The fourth-order valence-corrected chi connectivity index (χ4v) is 12.2. The third-order valence-corrected chi connectivity index (χ3v) is 14.2.